The molecule has 0 spiro atoms. The van der Waals surface area contributed by atoms with Crippen LogP contribution in [-0.2, 0) is 15.3 Å². The number of rotatable bonds is 9. The number of thioether (sulfide) groups is 1. The zero-order valence-corrected chi connectivity index (χ0v) is 19.0. The first-order chi connectivity index (χ1) is 14.9. The Morgan fingerprint density at radius 1 is 1.10 bits per heavy atom. The van der Waals surface area contributed by atoms with Crippen molar-refractivity contribution in [2.24, 2.45) is 0 Å². The van der Waals surface area contributed by atoms with Gasteiger partial charge in [0.1, 0.15) is 11.6 Å². The van der Waals surface area contributed by atoms with Crippen molar-refractivity contribution in [3.63, 3.8) is 0 Å². The number of hydrogen-bond acceptors (Lipinski definition) is 6. The number of nitrogens with one attached hydrogen (secondary N) is 2. The summed E-state index contributed by atoms with van der Waals surface area (Å²) in [6.45, 7) is -0.228. The summed E-state index contributed by atoms with van der Waals surface area (Å²) in [4.78, 5) is 28.3. The van der Waals surface area contributed by atoms with Gasteiger partial charge in [0, 0.05) is 21.8 Å². The Balaban J connectivity index is 1.38. The average molecular weight is 500 g/mol. The van der Waals surface area contributed by atoms with Crippen LogP contribution in [-0.4, -0.2) is 29.2 Å². The van der Waals surface area contributed by atoms with Crippen molar-refractivity contribution in [3.8, 4) is 5.75 Å². The predicted molar refractivity (Wildman–Crippen MR) is 124 cm³/mol. The fourth-order valence-electron chi connectivity index (χ4n) is 2.30. The van der Waals surface area contributed by atoms with Gasteiger partial charge >= 0.3 is 0 Å². The molecule has 2 aromatic carbocycles. The number of nitrogens with zero attached hydrogens (tertiary/aromatic N) is 1. The lowest BCUT2D eigenvalue weighted by Gasteiger charge is -2.07. The number of benzene rings is 2. The predicted octanol–water partition coefficient (Wildman–Crippen LogP) is 5.48. The molecular formula is C20H16Cl2FN3O3S2. The fourth-order valence-corrected chi connectivity index (χ4v) is 4.31. The molecule has 3 aromatic rings. The third-order valence-electron chi connectivity index (χ3n) is 3.66. The summed E-state index contributed by atoms with van der Waals surface area (Å²) >= 11 is 14.5. The molecule has 6 nitrogen and oxygen atoms in total. The first-order valence-corrected chi connectivity index (χ1v) is 11.6. The molecule has 0 bridgehead atoms. The molecular weight excluding hydrogens is 484 g/mol. The largest absolute Gasteiger partial charge is 0.482 e. The van der Waals surface area contributed by atoms with Gasteiger partial charge < -0.3 is 10.1 Å². The summed E-state index contributed by atoms with van der Waals surface area (Å²) in [5.41, 5.74) is 1.27. The lowest BCUT2D eigenvalue weighted by Crippen LogP contribution is -2.20. The minimum absolute atomic E-state index is 0.196. The van der Waals surface area contributed by atoms with E-state index in [1.807, 2.05) is 0 Å². The average Bonchev–Trinajstić information content (AvgIpc) is 3.16. The highest BCUT2D eigenvalue weighted by molar-refractivity contribution is 7.99. The number of halogens is 3. The highest BCUT2D eigenvalue weighted by atomic mass is 35.5. The summed E-state index contributed by atoms with van der Waals surface area (Å²) < 4.78 is 18.3. The summed E-state index contributed by atoms with van der Waals surface area (Å²) in [6, 6.07) is 10.3. The molecule has 0 saturated heterocycles. The topological polar surface area (TPSA) is 80.3 Å². The van der Waals surface area contributed by atoms with Crippen LogP contribution < -0.4 is 15.4 Å². The van der Waals surface area contributed by atoms with Crippen molar-refractivity contribution in [2.45, 2.75) is 5.75 Å². The van der Waals surface area contributed by atoms with Gasteiger partial charge in [-0.05, 0) is 42.5 Å². The second kappa shape index (κ2) is 11.3. The number of carbonyl (C=O) groups is 2. The van der Waals surface area contributed by atoms with Crippen LogP contribution in [0.1, 0.15) is 5.69 Å². The minimum atomic E-state index is -0.377. The van der Waals surface area contributed by atoms with Gasteiger partial charge in [-0.15, -0.1) is 23.1 Å². The molecule has 1 aromatic heterocycles. The molecule has 0 atom stereocenters. The van der Waals surface area contributed by atoms with Crippen molar-refractivity contribution in [3.05, 3.63) is 69.4 Å². The van der Waals surface area contributed by atoms with E-state index >= 15 is 0 Å². The first-order valence-electron chi connectivity index (χ1n) is 8.84. The van der Waals surface area contributed by atoms with E-state index in [0.29, 0.717) is 32.4 Å². The van der Waals surface area contributed by atoms with Gasteiger partial charge in [0.2, 0.25) is 5.91 Å². The quantitative estimate of drug-likeness (QED) is 0.407. The zero-order valence-electron chi connectivity index (χ0n) is 15.9. The molecule has 2 amide bonds. The second-order valence-corrected chi connectivity index (χ2v) is 8.79. The summed E-state index contributed by atoms with van der Waals surface area (Å²) in [6.07, 6.45) is 0. The van der Waals surface area contributed by atoms with Crippen LogP contribution >= 0.6 is 46.3 Å². The number of amides is 2. The highest BCUT2D eigenvalue weighted by Gasteiger charge is 2.10. The van der Waals surface area contributed by atoms with Gasteiger partial charge in [-0.3, -0.25) is 14.9 Å². The van der Waals surface area contributed by atoms with Crippen LogP contribution in [0, 0.1) is 5.82 Å². The zero-order chi connectivity index (χ0) is 22.2. The number of hydrogen-bond donors (Lipinski definition) is 2. The maximum absolute atomic E-state index is 12.9. The second-order valence-electron chi connectivity index (χ2n) is 6.10. The Morgan fingerprint density at radius 3 is 2.61 bits per heavy atom. The Labute approximate surface area is 196 Å². The molecule has 0 saturated carbocycles. The van der Waals surface area contributed by atoms with Crippen molar-refractivity contribution in [2.75, 3.05) is 23.0 Å². The Kier molecular flexibility index (Phi) is 8.53. The molecule has 0 radical (unpaired) electrons. The van der Waals surface area contributed by atoms with Crippen LogP contribution in [0.5, 0.6) is 5.75 Å². The molecule has 11 heteroatoms. The smallest absolute Gasteiger partial charge is 0.264 e. The molecule has 31 heavy (non-hydrogen) atoms. The lowest BCUT2D eigenvalue weighted by molar-refractivity contribution is -0.118. The van der Waals surface area contributed by atoms with E-state index in [1.54, 1.807) is 17.5 Å². The first kappa shape index (κ1) is 23.3. The van der Waals surface area contributed by atoms with Gasteiger partial charge in [-0.25, -0.2) is 9.37 Å². The number of ether oxygens (including phenoxy) is 1. The monoisotopic (exact) mass is 499 g/mol. The maximum Gasteiger partial charge on any atom is 0.264 e. The van der Waals surface area contributed by atoms with Crippen molar-refractivity contribution in [1.29, 1.82) is 0 Å². The molecule has 2 N–H and O–H groups in total. The lowest BCUT2D eigenvalue weighted by atomic mass is 10.3. The molecule has 0 aliphatic rings. The number of carbonyl (C=O) groups excluding carboxylic acids is 2. The molecule has 1 heterocycles. The maximum atomic E-state index is 12.9. The Hall–Kier alpha value is -2.33. The van der Waals surface area contributed by atoms with E-state index in [9.17, 15) is 14.0 Å². The minimum Gasteiger partial charge on any atom is -0.482 e. The Bertz CT molecular complexity index is 1060. The summed E-state index contributed by atoms with van der Waals surface area (Å²) in [5, 5.41) is 8.37. The number of thiazole rings is 1. The van der Waals surface area contributed by atoms with E-state index in [0.717, 1.165) is 5.69 Å². The van der Waals surface area contributed by atoms with Crippen LogP contribution in [0.15, 0.2) is 47.8 Å². The van der Waals surface area contributed by atoms with Gasteiger partial charge in [-0.2, -0.15) is 0 Å². The fraction of sp³-hybridized carbons (Fsp3) is 0.150. The summed E-state index contributed by atoms with van der Waals surface area (Å²) in [5.74, 6) is 0.138. The van der Waals surface area contributed by atoms with E-state index < -0.39 is 0 Å². The van der Waals surface area contributed by atoms with Crippen LogP contribution in [0.25, 0.3) is 0 Å². The van der Waals surface area contributed by atoms with Gasteiger partial charge in [0.25, 0.3) is 5.91 Å². The standard InChI is InChI=1S/C20H16Cl2FN3O3S2/c21-12-1-6-17(16(22)7-12)29-8-18(27)26-20-25-15(10-31-20)9-30-11-19(28)24-14-4-2-13(23)3-5-14/h1-7,10H,8-9,11H2,(H,24,28)(H,25,26,27). The van der Waals surface area contributed by atoms with Crippen molar-refractivity contribution >= 4 is 68.9 Å². The molecule has 0 unspecified atom stereocenters. The molecule has 0 fully saturated rings. The molecule has 0 aliphatic carbocycles. The van der Waals surface area contributed by atoms with E-state index in [1.165, 1.54) is 53.4 Å². The normalized spacial score (nSPS) is 10.5. The Morgan fingerprint density at radius 2 is 1.87 bits per heavy atom. The van der Waals surface area contributed by atoms with Gasteiger partial charge in [0.15, 0.2) is 11.7 Å². The number of anilines is 2. The van der Waals surface area contributed by atoms with Crippen LogP contribution in [0.4, 0.5) is 15.2 Å². The number of aromatic nitrogens is 1. The third kappa shape index (κ3) is 7.70. The molecule has 3 rings (SSSR count). The van der Waals surface area contributed by atoms with E-state index in [2.05, 4.69) is 15.6 Å². The molecule has 162 valence electrons. The van der Waals surface area contributed by atoms with Gasteiger partial charge in [-0.1, -0.05) is 23.2 Å². The van der Waals surface area contributed by atoms with Gasteiger partial charge in [0.05, 0.1) is 16.5 Å². The third-order valence-corrected chi connectivity index (χ3v) is 5.97. The SMILES string of the molecule is O=C(CSCc1csc(NC(=O)COc2ccc(Cl)cc2Cl)n1)Nc1ccc(F)cc1. The molecule has 0 aliphatic heterocycles. The van der Waals surface area contributed by atoms with Crippen molar-refractivity contribution in [1.82, 2.24) is 4.98 Å². The van der Waals surface area contributed by atoms with E-state index in [4.69, 9.17) is 27.9 Å². The van der Waals surface area contributed by atoms with Crippen LogP contribution in [0.3, 0.4) is 0 Å². The summed E-state index contributed by atoms with van der Waals surface area (Å²) in [7, 11) is 0. The highest BCUT2D eigenvalue weighted by Crippen LogP contribution is 2.27. The van der Waals surface area contributed by atoms with E-state index in [-0.39, 0.29) is 30.0 Å². The van der Waals surface area contributed by atoms with Crippen LogP contribution in [0.2, 0.25) is 10.0 Å². The van der Waals surface area contributed by atoms with Crippen molar-refractivity contribution < 1.29 is 18.7 Å².